The van der Waals surface area contributed by atoms with Crippen molar-refractivity contribution >= 4 is 5.91 Å². The molecule has 1 aromatic rings. The second-order valence-electron chi connectivity index (χ2n) is 6.13. The highest BCUT2D eigenvalue weighted by Gasteiger charge is 2.33. The van der Waals surface area contributed by atoms with Gasteiger partial charge in [0.05, 0.1) is 6.42 Å². The molecule has 3 heteroatoms. The zero-order chi connectivity index (χ0) is 13.8. The lowest BCUT2D eigenvalue weighted by molar-refractivity contribution is -0.131. The highest BCUT2D eigenvalue weighted by atomic mass is 16.2. The summed E-state index contributed by atoms with van der Waals surface area (Å²) in [7, 11) is 0. The average molecular weight is 272 g/mol. The van der Waals surface area contributed by atoms with Gasteiger partial charge in [0.15, 0.2) is 0 Å². The van der Waals surface area contributed by atoms with Gasteiger partial charge in [0.2, 0.25) is 5.91 Å². The summed E-state index contributed by atoms with van der Waals surface area (Å²) < 4.78 is 0. The van der Waals surface area contributed by atoms with Gasteiger partial charge in [0.1, 0.15) is 0 Å². The monoisotopic (exact) mass is 272 g/mol. The molecule has 2 fully saturated rings. The third kappa shape index (κ3) is 3.60. The summed E-state index contributed by atoms with van der Waals surface area (Å²) in [5, 5.41) is 3.40. The lowest BCUT2D eigenvalue weighted by Gasteiger charge is -2.30. The summed E-state index contributed by atoms with van der Waals surface area (Å²) in [6.07, 6.45) is 5.38. The molecule has 0 unspecified atom stereocenters. The van der Waals surface area contributed by atoms with E-state index in [0.29, 0.717) is 24.3 Å². The van der Waals surface area contributed by atoms with Gasteiger partial charge in [-0.05, 0) is 50.3 Å². The van der Waals surface area contributed by atoms with Gasteiger partial charge < -0.3 is 10.2 Å². The van der Waals surface area contributed by atoms with E-state index in [0.717, 1.165) is 25.2 Å². The van der Waals surface area contributed by atoms with Crippen molar-refractivity contribution in [1.29, 1.82) is 0 Å². The summed E-state index contributed by atoms with van der Waals surface area (Å²) in [5.74, 6) is 1.01. The van der Waals surface area contributed by atoms with Crippen LogP contribution in [0.4, 0.5) is 0 Å². The van der Waals surface area contributed by atoms with Crippen LogP contribution in [0.15, 0.2) is 30.3 Å². The van der Waals surface area contributed by atoms with Crippen LogP contribution in [0.3, 0.4) is 0 Å². The largest absolute Gasteiger partial charge is 0.339 e. The van der Waals surface area contributed by atoms with E-state index in [2.05, 4.69) is 10.2 Å². The smallest absolute Gasteiger partial charge is 0.227 e. The number of benzene rings is 1. The van der Waals surface area contributed by atoms with Crippen molar-refractivity contribution in [3.8, 4) is 0 Å². The Hall–Kier alpha value is -1.35. The molecule has 1 N–H and O–H groups in total. The fourth-order valence-electron chi connectivity index (χ4n) is 3.06. The molecular formula is C17H24N2O. The van der Waals surface area contributed by atoms with Crippen LogP contribution in [0.2, 0.25) is 0 Å². The molecule has 1 amide bonds. The Balaban J connectivity index is 1.59. The molecule has 1 saturated heterocycles. The van der Waals surface area contributed by atoms with E-state index >= 15 is 0 Å². The summed E-state index contributed by atoms with van der Waals surface area (Å²) >= 11 is 0. The van der Waals surface area contributed by atoms with Crippen LogP contribution < -0.4 is 5.32 Å². The molecule has 1 aliphatic carbocycles. The number of carbonyl (C=O) groups is 1. The molecule has 2 aliphatic rings. The number of amides is 1. The van der Waals surface area contributed by atoms with Gasteiger partial charge in [0, 0.05) is 12.6 Å². The minimum Gasteiger partial charge on any atom is -0.339 e. The van der Waals surface area contributed by atoms with Crippen molar-refractivity contribution < 1.29 is 4.79 Å². The van der Waals surface area contributed by atoms with E-state index in [-0.39, 0.29) is 0 Å². The lowest BCUT2D eigenvalue weighted by Crippen LogP contribution is -2.41. The van der Waals surface area contributed by atoms with Gasteiger partial charge in [-0.1, -0.05) is 30.3 Å². The SMILES string of the molecule is O=C(Cc1ccccc1)N(CC1CCNCC1)C1CC1. The summed E-state index contributed by atoms with van der Waals surface area (Å²) in [4.78, 5) is 14.7. The van der Waals surface area contributed by atoms with Gasteiger partial charge in [-0.3, -0.25) is 4.79 Å². The molecule has 0 atom stereocenters. The highest BCUT2D eigenvalue weighted by Crippen LogP contribution is 2.29. The molecule has 0 spiro atoms. The minimum absolute atomic E-state index is 0.317. The van der Waals surface area contributed by atoms with E-state index in [4.69, 9.17) is 0 Å². The van der Waals surface area contributed by atoms with Gasteiger partial charge in [-0.15, -0.1) is 0 Å². The zero-order valence-corrected chi connectivity index (χ0v) is 12.1. The first-order valence-corrected chi connectivity index (χ1v) is 7.87. The third-order valence-corrected chi connectivity index (χ3v) is 4.42. The first-order chi connectivity index (χ1) is 9.83. The second-order valence-corrected chi connectivity index (χ2v) is 6.13. The van der Waals surface area contributed by atoms with Crippen LogP contribution in [0.1, 0.15) is 31.2 Å². The molecule has 0 aromatic heterocycles. The minimum atomic E-state index is 0.317. The van der Waals surface area contributed by atoms with E-state index in [1.165, 1.54) is 25.7 Å². The van der Waals surface area contributed by atoms with Crippen LogP contribution >= 0.6 is 0 Å². The Morgan fingerprint density at radius 1 is 1.10 bits per heavy atom. The van der Waals surface area contributed by atoms with Crippen LogP contribution in [-0.2, 0) is 11.2 Å². The molecule has 20 heavy (non-hydrogen) atoms. The van der Waals surface area contributed by atoms with Crippen LogP contribution in [0.5, 0.6) is 0 Å². The standard InChI is InChI=1S/C17H24N2O/c20-17(12-14-4-2-1-3-5-14)19(16-6-7-16)13-15-8-10-18-11-9-15/h1-5,15-16,18H,6-13H2. The van der Waals surface area contributed by atoms with Gasteiger partial charge in [-0.2, -0.15) is 0 Å². The molecule has 0 radical (unpaired) electrons. The highest BCUT2D eigenvalue weighted by molar-refractivity contribution is 5.79. The maximum Gasteiger partial charge on any atom is 0.227 e. The van der Waals surface area contributed by atoms with E-state index in [9.17, 15) is 4.79 Å². The molecule has 1 aliphatic heterocycles. The quantitative estimate of drug-likeness (QED) is 0.891. The number of hydrogen-bond donors (Lipinski definition) is 1. The van der Waals surface area contributed by atoms with Crippen molar-refractivity contribution in [1.82, 2.24) is 10.2 Å². The normalized spacial score (nSPS) is 19.8. The second kappa shape index (κ2) is 6.40. The molecule has 1 saturated carbocycles. The molecule has 0 bridgehead atoms. The molecule has 1 heterocycles. The van der Waals surface area contributed by atoms with E-state index < -0.39 is 0 Å². The Morgan fingerprint density at radius 3 is 2.45 bits per heavy atom. The van der Waals surface area contributed by atoms with Crippen LogP contribution in [0.25, 0.3) is 0 Å². The number of rotatable bonds is 5. The summed E-state index contributed by atoms with van der Waals surface area (Å²) in [6.45, 7) is 3.18. The van der Waals surface area contributed by atoms with Gasteiger partial charge in [-0.25, -0.2) is 0 Å². The first-order valence-electron chi connectivity index (χ1n) is 7.87. The Labute approximate surface area is 121 Å². The maximum absolute atomic E-state index is 12.6. The first kappa shape index (κ1) is 13.6. The Kier molecular flexibility index (Phi) is 4.36. The number of carbonyl (C=O) groups excluding carboxylic acids is 1. The number of hydrogen-bond acceptors (Lipinski definition) is 2. The molecule has 1 aromatic carbocycles. The molecule has 3 nitrogen and oxygen atoms in total. The summed E-state index contributed by atoms with van der Waals surface area (Å²) in [6, 6.07) is 10.7. The topological polar surface area (TPSA) is 32.3 Å². The lowest BCUT2D eigenvalue weighted by atomic mass is 9.97. The van der Waals surface area contributed by atoms with Crippen molar-refractivity contribution in [2.75, 3.05) is 19.6 Å². The zero-order valence-electron chi connectivity index (χ0n) is 12.1. The van der Waals surface area contributed by atoms with Crippen molar-refractivity contribution in [3.05, 3.63) is 35.9 Å². The van der Waals surface area contributed by atoms with Crippen molar-refractivity contribution in [2.24, 2.45) is 5.92 Å². The third-order valence-electron chi connectivity index (χ3n) is 4.42. The van der Waals surface area contributed by atoms with E-state index in [1.807, 2.05) is 30.3 Å². The van der Waals surface area contributed by atoms with Crippen molar-refractivity contribution in [3.63, 3.8) is 0 Å². The fourth-order valence-corrected chi connectivity index (χ4v) is 3.06. The molecular weight excluding hydrogens is 248 g/mol. The van der Waals surface area contributed by atoms with Crippen LogP contribution in [-0.4, -0.2) is 36.5 Å². The number of nitrogens with one attached hydrogen (secondary N) is 1. The predicted molar refractivity (Wildman–Crippen MR) is 80.5 cm³/mol. The van der Waals surface area contributed by atoms with Gasteiger partial charge >= 0.3 is 0 Å². The molecule has 108 valence electrons. The summed E-state index contributed by atoms with van der Waals surface area (Å²) in [5.41, 5.74) is 1.13. The fraction of sp³-hybridized carbons (Fsp3) is 0.588. The number of piperidine rings is 1. The molecule has 3 rings (SSSR count). The Bertz CT molecular complexity index is 436. The Morgan fingerprint density at radius 2 is 1.80 bits per heavy atom. The number of nitrogens with zero attached hydrogens (tertiary/aromatic N) is 1. The average Bonchev–Trinajstić information content (AvgIpc) is 3.31. The van der Waals surface area contributed by atoms with E-state index in [1.54, 1.807) is 0 Å². The van der Waals surface area contributed by atoms with Crippen LogP contribution in [0, 0.1) is 5.92 Å². The van der Waals surface area contributed by atoms with Gasteiger partial charge in [0.25, 0.3) is 0 Å². The predicted octanol–water partition coefficient (Wildman–Crippen LogP) is 2.22. The maximum atomic E-state index is 12.6. The van der Waals surface area contributed by atoms with Crippen molar-refractivity contribution in [2.45, 2.75) is 38.1 Å².